The zero-order chi connectivity index (χ0) is 13.2. The first-order chi connectivity index (χ1) is 9.22. The fraction of sp³-hybridized carbons (Fsp3) is 0.333. The van der Waals surface area contributed by atoms with Crippen LogP contribution >= 0.6 is 11.3 Å². The number of nitrogens with zero attached hydrogens (tertiary/aromatic N) is 1. The fourth-order valence-electron chi connectivity index (χ4n) is 2.79. The van der Waals surface area contributed by atoms with Crippen LogP contribution in [0.25, 0.3) is 0 Å². The van der Waals surface area contributed by atoms with Gasteiger partial charge in [-0.05, 0) is 35.6 Å². The quantitative estimate of drug-likeness (QED) is 0.912. The van der Waals surface area contributed by atoms with Crippen LogP contribution < -0.4 is 10.6 Å². The summed E-state index contributed by atoms with van der Waals surface area (Å²) in [5.41, 5.74) is 8.44. The van der Waals surface area contributed by atoms with Crippen molar-refractivity contribution in [3.05, 3.63) is 52.5 Å². The van der Waals surface area contributed by atoms with Gasteiger partial charge in [0.25, 0.3) is 0 Å². The molecule has 19 heavy (non-hydrogen) atoms. The largest absolute Gasteiger partial charge is 0.369 e. The van der Waals surface area contributed by atoms with Gasteiger partial charge in [0, 0.05) is 36.1 Å². The molecule has 100 valence electrons. The van der Waals surface area contributed by atoms with E-state index in [0.29, 0.717) is 5.92 Å². The van der Waals surface area contributed by atoms with Crippen LogP contribution in [0.2, 0.25) is 0 Å². The van der Waals surface area contributed by atoms with Crippen molar-refractivity contribution in [2.75, 3.05) is 18.0 Å². The molecule has 1 aromatic heterocycles. The van der Waals surface area contributed by atoms with E-state index in [0.717, 1.165) is 25.1 Å². The molecule has 0 spiro atoms. The van der Waals surface area contributed by atoms with Crippen LogP contribution in [-0.2, 0) is 0 Å². The zero-order valence-corrected chi connectivity index (χ0v) is 11.4. The lowest BCUT2D eigenvalue weighted by Gasteiger charge is -2.37. The van der Waals surface area contributed by atoms with Gasteiger partial charge in [-0.1, -0.05) is 12.1 Å². The summed E-state index contributed by atoms with van der Waals surface area (Å²) < 4.78 is 13.3. The van der Waals surface area contributed by atoms with Gasteiger partial charge in [0.1, 0.15) is 5.82 Å². The van der Waals surface area contributed by atoms with E-state index in [1.807, 2.05) is 6.07 Å². The smallest absolute Gasteiger partial charge is 0.123 e. The minimum atomic E-state index is -0.168. The molecular weight excluding hydrogens is 259 g/mol. The minimum absolute atomic E-state index is 0.141. The van der Waals surface area contributed by atoms with E-state index in [4.69, 9.17) is 5.73 Å². The van der Waals surface area contributed by atoms with Crippen molar-refractivity contribution in [2.24, 2.45) is 5.73 Å². The van der Waals surface area contributed by atoms with Gasteiger partial charge in [0.15, 0.2) is 0 Å². The summed E-state index contributed by atoms with van der Waals surface area (Å²) >= 11 is 1.69. The summed E-state index contributed by atoms with van der Waals surface area (Å²) in [5, 5.41) is 4.22. The number of rotatable bonds is 2. The van der Waals surface area contributed by atoms with Gasteiger partial charge in [0.05, 0.1) is 0 Å². The lowest BCUT2D eigenvalue weighted by atomic mass is 9.88. The topological polar surface area (TPSA) is 29.3 Å². The summed E-state index contributed by atoms with van der Waals surface area (Å²) in [6.07, 6.45) is 0.921. The molecule has 1 aliphatic rings. The maximum absolute atomic E-state index is 13.3. The van der Waals surface area contributed by atoms with E-state index in [9.17, 15) is 4.39 Å². The number of piperidine rings is 1. The van der Waals surface area contributed by atoms with Crippen molar-refractivity contribution in [1.82, 2.24) is 0 Å². The van der Waals surface area contributed by atoms with Crippen LogP contribution in [0.3, 0.4) is 0 Å². The second-order valence-corrected chi connectivity index (χ2v) is 5.91. The third-order valence-electron chi connectivity index (χ3n) is 3.67. The summed E-state index contributed by atoms with van der Waals surface area (Å²) in [6.45, 7) is 1.79. The van der Waals surface area contributed by atoms with Crippen molar-refractivity contribution in [3.8, 4) is 0 Å². The molecule has 1 aliphatic heterocycles. The van der Waals surface area contributed by atoms with E-state index >= 15 is 0 Å². The monoisotopic (exact) mass is 276 g/mol. The summed E-state index contributed by atoms with van der Waals surface area (Å²) in [5.74, 6) is 0.137. The lowest BCUT2D eigenvalue weighted by Crippen LogP contribution is -2.46. The molecule has 2 heterocycles. The molecule has 1 saturated heterocycles. The third-order valence-corrected chi connectivity index (χ3v) is 4.35. The molecule has 1 fully saturated rings. The van der Waals surface area contributed by atoms with E-state index < -0.39 is 0 Å². The number of benzene rings is 1. The fourth-order valence-corrected chi connectivity index (χ4v) is 3.45. The van der Waals surface area contributed by atoms with Gasteiger partial charge in [-0.2, -0.15) is 11.3 Å². The Balaban J connectivity index is 1.83. The maximum Gasteiger partial charge on any atom is 0.123 e. The standard InChI is InChI=1S/C15H17FN2S/c16-13-3-1-2-11(6-13)12-7-14(17)9-18(8-12)15-4-5-19-10-15/h1-6,10,12,14H,7-9,17H2. The van der Waals surface area contributed by atoms with Crippen molar-refractivity contribution in [3.63, 3.8) is 0 Å². The van der Waals surface area contributed by atoms with E-state index in [-0.39, 0.29) is 11.9 Å². The number of anilines is 1. The molecule has 2 unspecified atom stereocenters. The first-order valence-corrected chi connectivity index (χ1v) is 7.45. The van der Waals surface area contributed by atoms with Crippen LogP contribution in [0.4, 0.5) is 10.1 Å². The van der Waals surface area contributed by atoms with Crippen LogP contribution in [0, 0.1) is 5.82 Å². The molecule has 2 atom stereocenters. The summed E-state index contributed by atoms with van der Waals surface area (Å²) in [6, 6.07) is 9.15. The number of thiophene rings is 1. The molecular formula is C15H17FN2S. The number of nitrogens with two attached hydrogens (primary N) is 1. The van der Waals surface area contributed by atoms with Gasteiger partial charge in [-0.15, -0.1) is 0 Å². The second kappa shape index (κ2) is 5.31. The van der Waals surface area contributed by atoms with Gasteiger partial charge in [-0.25, -0.2) is 4.39 Å². The first kappa shape index (κ1) is 12.6. The van der Waals surface area contributed by atoms with Gasteiger partial charge in [0.2, 0.25) is 0 Å². The van der Waals surface area contributed by atoms with Crippen LogP contribution in [0.5, 0.6) is 0 Å². The van der Waals surface area contributed by atoms with Gasteiger partial charge >= 0.3 is 0 Å². The Bertz CT molecular complexity index is 541. The number of hydrogen-bond donors (Lipinski definition) is 1. The molecule has 0 bridgehead atoms. The van der Waals surface area contributed by atoms with Crippen molar-refractivity contribution in [2.45, 2.75) is 18.4 Å². The molecule has 1 aromatic carbocycles. The molecule has 0 saturated carbocycles. The van der Waals surface area contributed by atoms with Crippen LogP contribution in [0.15, 0.2) is 41.1 Å². The minimum Gasteiger partial charge on any atom is -0.369 e. The Morgan fingerprint density at radius 3 is 2.89 bits per heavy atom. The average Bonchev–Trinajstić information content (AvgIpc) is 2.92. The van der Waals surface area contributed by atoms with Gasteiger partial charge < -0.3 is 10.6 Å². The Morgan fingerprint density at radius 2 is 2.16 bits per heavy atom. The molecule has 2 aromatic rings. The summed E-state index contributed by atoms with van der Waals surface area (Å²) in [7, 11) is 0. The molecule has 0 aliphatic carbocycles. The van der Waals surface area contributed by atoms with E-state index in [2.05, 4.69) is 21.7 Å². The maximum atomic E-state index is 13.3. The highest BCUT2D eigenvalue weighted by molar-refractivity contribution is 7.08. The van der Waals surface area contributed by atoms with E-state index in [1.165, 1.54) is 11.8 Å². The molecule has 2 N–H and O–H groups in total. The normalized spacial score (nSPS) is 23.6. The lowest BCUT2D eigenvalue weighted by molar-refractivity contribution is 0.452. The highest BCUT2D eigenvalue weighted by Gasteiger charge is 2.26. The molecule has 0 radical (unpaired) electrons. The van der Waals surface area contributed by atoms with Crippen molar-refractivity contribution in [1.29, 1.82) is 0 Å². The first-order valence-electron chi connectivity index (χ1n) is 6.50. The Morgan fingerprint density at radius 1 is 1.26 bits per heavy atom. The Labute approximate surface area is 116 Å². The summed E-state index contributed by atoms with van der Waals surface area (Å²) in [4.78, 5) is 2.31. The predicted molar refractivity (Wildman–Crippen MR) is 78.3 cm³/mol. The number of halogens is 1. The van der Waals surface area contributed by atoms with Crippen LogP contribution in [0.1, 0.15) is 17.9 Å². The zero-order valence-electron chi connectivity index (χ0n) is 10.6. The Kier molecular flexibility index (Phi) is 3.53. The highest BCUT2D eigenvalue weighted by atomic mass is 32.1. The molecule has 2 nitrogen and oxygen atoms in total. The third kappa shape index (κ3) is 2.80. The SMILES string of the molecule is NC1CC(c2cccc(F)c2)CN(c2ccsc2)C1. The highest BCUT2D eigenvalue weighted by Crippen LogP contribution is 2.30. The second-order valence-electron chi connectivity index (χ2n) is 5.13. The number of hydrogen-bond acceptors (Lipinski definition) is 3. The average molecular weight is 276 g/mol. The predicted octanol–water partition coefficient (Wildman–Crippen LogP) is 3.21. The molecule has 4 heteroatoms. The van der Waals surface area contributed by atoms with Crippen molar-refractivity contribution >= 4 is 17.0 Å². The van der Waals surface area contributed by atoms with Crippen LogP contribution in [-0.4, -0.2) is 19.1 Å². The van der Waals surface area contributed by atoms with Gasteiger partial charge in [-0.3, -0.25) is 0 Å². The van der Waals surface area contributed by atoms with Crippen molar-refractivity contribution < 1.29 is 4.39 Å². The van der Waals surface area contributed by atoms with E-state index in [1.54, 1.807) is 23.5 Å². The Hall–Kier alpha value is -1.39. The molecule has 3 rings (SSSR count). The molecule has 0 amide bonds.